The average molecular weight is 462 g/mol. The molecule has 32 heavy (non-hydrogen) atoms. The lowest BCUT2D eigenvalue weighted by Crippen LogP contribution is -2.45. The molecule has 1 aromatic rings. The number of halogens is 3. The third kappa shape index (κ3) is 8.36. The number of carbonyl (C=O) groups is 2. The second-order valence-corrected chi connectivity index (χ2v) is 7.79. The van der Waals surface area contributed by atoms with Gasteiger partial charge in [0.1, 0.15) is 6.61 Å². The second kappa shape index (κ2) is 12.1. The van der Waals surface area contributed by atoms with Gasteiger partial charge in [0.05, 0.1) is 31.6 Å². The number of ether oxygens (including phenoxy) is 3. The Morgan fingerprint density at radius 2 is 1.97 bits per heavy atom. The highest BCUT2D eigenvalue weighted by molar-refractivity contribution is 5.77. The number of alkyl halides is 3. The van der Waals surface area contributed by atoms with Gasteiger partial charge in [-0.25, -0.2) is 4.79 Å². The number of hydrogen-bond donors (Lipinski definition) is 1. The molecule has 1 unspecified atom stereocenters. The minimum atomic E-state index is -5.08. The van der Waals surface area contributed by atoms with Crippen molar-refractivity contribution in [3.8, 4) is 0 Å². The van der Waals surface area contributed by atoms with Crippen LogP contribution < -0.4 is 0 Å². The number of carboxylic acids is 1. The van der Waals surface area contributed by atoms with E-state index < -0.39 is 12.1 Å². The zero-order chi connectivity index (χ0) is 23.6. The summed E-state index contributed by atoms with van der Waals surface area (Å²) >= 11 is 0. The topological polar surface area (TPSA) is 98.2 Å². The van der Waals surface area contributed by atoms with Gasteiger partial charge >= 0.3 is 12.1 Å². The van der Waals surface area contributed by atoms with E-state index >= 15 is 0 Å². The molecule has 3 rings (SSSR count). The molecular formula is C21H29F3N2O6. The van der Waals surface area contributed by atoms with Crippen molar-refractivity contribution >= 4 is 11.9 Å². The van der Waals surface area contributed by atoms with Gasteiger partial charge in [0.15, 0.2) is 0 Å². The Hall–Kier alpha value is -2.24. The maximum atomic E-state index is 12.0. The minimum absolute atomic E-state index is 0.103. The van der Waals surface area contributed by atoms with Crippen molar-refractivity contribution < 1.29 is 42.1 Å². The van der Waals surface area contributed by atoms with E-state index in [-0.39, 0.29) is 24.0 Å². The van der Waals surface area contributed by atoms with Crippen LogP contribution in [0, 0.1) is 5.41 Å². The van der Waals surface area contributed by atoms with E-state index in [1.807, 2.05) is 30.0 Å². The summed E-state index contributed by atoms with van der Waals surface area (Å²) in [7, 11) is 0. The maximum Gasteiger partial charge on any atom is 0.490 e. The van der Waals surface area contributed by atoms with Gasteiger partial charge in [-0.15, -0.1) is 0 Å². The van der Waals surface area contributed by atoms with Crippen LogP contribution in [0.4, 0.5) is 13.2 Å². The van der Waals surface area contributed by atoms with Crippen LogP contribution >= 0.6 is 0 Å². The van der Waals surface area contributed by atoms with Gasteiger partial charge < -0.3 is 24.2 Å². The first-order chi connectivity index (χ1) is 15.1. The fourth-order valence-corrected chi connectivity index (χ4v) is 3.64. The molecule has 1 atom stereocenters. The molecule has 11 heteroatoms. The van der Waals surface area contributed by atoms with Crippen LogP contribution in [0.25, 0.3) is 0 Å². The summed E-state index contributed by atoms with van der Waals surface area (Å²) in [6.07, 6.45) is -0.138. The summed E-state index contributed by atoms with van der Waals surface area (Å²) in [6, 6.07) is 5.83. The number of carbonyl (C=O) groups excluding carboxylic acids is 1. The van der Waals surface area contributed by atoms with E-state index in [0.717, 1.165) is 44.7 Å². The van der Waals surface area contributed by atoms with Crippen LogP contribution in [0.3, 0.4) is 0 Å². The fourth-order valence-electron chi connectivity index (χ4n) is 3.64. The van der Waals surface area contributed by atoms with Crippen LogP contribution in [-0.2, 0) is 30.4 Å². The van der Waals surface area contributed by atoms with Gasteiger partial charge in [0.25, 0.3) is 0 Å². The number of carboxylic acid groups (broad SMARTS) is 1. The summed E-state index contributed by atoms with van der Waals surface area (Å²) in [5, 5.41) is 7.12. The highest BCUT2D eigenvalue weighted by Crippen LogP contribution is 2.42. The molecule has 0 radical (unpaired) electrons. The third-order valence-electron chi connectivity index (χ3n) is 5.41. The van der Waals surface area contributed by atoms with Crippen molar-refractivity contribution in [1.29, 1.82) is 0 Å². The lowest BCUT2D eigenvalue weighted by molar-refractivity contribution is -0.192. The number of aromatic nitrogens is 1. The maximum absolute atomic E-state index is 12.0. The summed E-state index contributed by atoms with van der Waals surface area (Å²) in [5.41, 5.74) is 1.15. The van der Waals surface area contributed by atoms with Crippen LogP contribution in [0.2, 0.25) is 0 Å². The SMILES string of the molecule is CCOCC(=O)N1CCC2(CC1)COC(COCc1ccccn1)C2.O=C(O)C(F)(F)F. The Morgan fingerprint density at radius 3 is 2.53 bits per heavy atom. The summed E-state index contributed by atoms with van der Waals surface area (Å²) < 4.78 is 48.7. The molecule has 1 spiro atoms. The number of pyridine rings is 1. The number of aliphatic carboxylic acids is 1. The lowest BCUT2D eigenvalue weighted by atomic mass is 9.76. The van der Waals surface area contributed by atoms with Gasteiger partial charge in [-0.3, -0.25) is 9.78 Å². The molecule has 0 saturated carbocycles. The van der Waals surface area contributed by atoms with Crippen molar-refractivity contribution in [2.75, 3.05) is 39.5 Å². The quantitative estimate of drug-likeness (QED) is 0.665. The zero-order valence-corrected chi connectivity index (χ0v) is 18.0. The molecule has 1 amide bonds. The predicted octanol–water partition coefficient (Wildman–Crippen LogP) is 2.67. The molecule has 3 heterocycles. The molecule has 0 aromatic carbocycles. The molecule has 2 aliphatic heterocycles. The van der Waals surface area contributed by atoms with E-state index in [4.69, 9.17) is 24.1 Å². The van der Waals surface area contributed by atoms with Crippen LogP contribution in [0.1, 0.15) is 31.9 Å². The molecule has 1 N–H and O–H groups in total. The van der Waals surface area contributed by atoms with Crippen molar-refractivity contribution in [2.45, 2.75) is 45.1 Å². The van der Waals surface area contributed by atoms with E-state index in [1.54, 1.807) is 6.20 Å². The highest BCUT2D eigenvalue weighted by Gasteiger charge is 2.43. The Labute approximate surface area is 184 Å². The second-order valence-electron chi connectivity index (χ2n) is 7.79. The van der Waals surface area contributed by atoms with Gasteiger partial charge in [-0.1, -0.05) is 6.07 Å². The summed E-state index contributed by atoms with van der Waals surface area (Å²) in [4.78, 5) is 27.1. The third-order valence-corrected chi connectivity index (χ3v) is 5.41. The molecule has 1 aromatic heterocycles. The van der Waals surface area contributed by atoms with E-state index in [1.165, 1.54) is 0 Å². The van der Waals surface area contributed by atoms with Crippen molar-refractivity contribution in [2.24, 2.45) is 5.41 Å². The molecular weight excluding hydrogens is 433 g/mol. The Kier molecular flexibility index (Phi) is 9.85. The highest BCUT2D eigenvalue weighted by atomic mass is 19.4. The predicted molar refractivity (Wildman–Crippen MR) is 107 cm³/mol. The number of nitrogens with zero attached hydrogens (tertiary/aromatic N) is 2. The number of piperidine rings is 1. The molecule has 180 valence electrons. The first-order valence-corrected chi connectivity index (χ1v) is 10.4. The van der Waals surface area contributed by atoms with Crippen molar-refractivity contribution in [3.63, 3.8) is 0 Å². The Bertz CT molecular complexity index is 724. The number of rotatable bonds is 7. The number of hydrogen-bond acceptors (Lipinski definition) is 6. The van der Waals surface area contributed by atoms with Crippen molar-refractivity contribution in [1.82, 2.24) is 9.88 Å². The van der Waals surface area contributed by atoms with Crippen molar-refractivity contribution in [3.05, 3.63) is 30.1 Å². The van der Waals surface area contributed by atoms with Crippen LogP contribution in [0.15, 0.2) is 24.4 Å². The van der Waals surface area contributed by atoms with E-state index in [2.05, 4.69) is 4.98 Å². The smallest absolute Gasteiger partial charge is 0.475 e. The van der Waals surface area contributed by atoms with E-state index in [0.29, 0.717) is 19.8 Å². The molecule has 2 fully saturated rings. The van der Waals surface area contributed by atoms with Crippen LogP contribution in [0.5, 0.6) is 0 Å². The average Bonchev–Trinajstić information content (AvgIpc) is 3.15. The van der Waals surface area contributed by atoms with Crippen LogP contribution in [-0.4, -0.2) is 78.7 Å². The molecule has 2 aliphatic rings. The monoisotopic (exact) mass is 462 g/mol. The number of likely N-dealkylation sites (tertiary alicyclic amines) is 1. The summed E-state index contributed by atoms with van der Waals surface area (Å²) in [6.45, 7) is 6.19. The minimum Gasteiger partial charge on any atom is -0.475 e. The summed E-state index contributed by atoms with van der Waals surface area (Å²) in [5.74, 6) is -2.65. The first-order valence-electron chi connectivity index (χ1n) is 10.4. The molecule has 8 nitrogen and oxygen atoms in total. The Balaban J connectivity index is 0.000000451. The van der Waals surface area contributed by atoms with Gasteiger partial charge in [-0.2, -0.15) is 13.2 Å². The Morgan fingerprint density at radius 1 is 1.28 bits per heavy atom. The van der Waals surface area contributed by atoms with Gasteiger partial charge in [0.2, 0.25) is 5.91 Å². The van der Waals surface area contributed by atoms with Gasteiger partial charge in [0, 0.05) is 25.9 Å². The standard InChI is InChI=1S/C19H28N2O4.C2HF3O2/c1-2-23-14-18(22)21-9-6-19(7-10-21)11-17(25-15-19)13-24-12-16-5-3-4-8-20-16;3-2(4,5)1(6)7/h3-5,8,17H,2,6-7,9-15H2,1H3;(H,6,7). The largest absolute Gasteiger partial charge is 0.490 e. The molecule has 2 saturated heterocycles. The zero-order valence-electron chi connectivity index (χ0n) is 18.0. The molecule has 0 bridgehead atoms. The molecule has 0 aliphatic carbocycles. The van der Waals surface area contributed by atoms with Gasteiger partial charge in [-0.05, 0) is 43.7 Å². The normalized spacial score (nSPS) is 20.0. The fraction of sp³-hybridized carbons (Fsp3) is 0.667. The first kappa shape index (κ1) is 26.0. The number of amides is 1. The van der Waals surface area contributed by atoms with E-state index in [9.17, 15) is 18.0 Å². The lowest BCUT2D eigenvalue weighted by Gasteiger charge is -2.38.